The monoisotopic (exact) mass is 512 g/mol. The van der Waals surface area contributed by atoms with E-state index in [1.807, 2.05) is 73.7 Å². The maximum Gasteiger partial charge on any atom is 0.326 e. The molecule has 0 bridgehead atoms. The van der Waals surface area contributed by atoms with Crippen molar-refractivity contribution in [1.29, 1.82) is 0 Å². The highest BCUT2D eigenvalue weighted by Crippen LogP contribution is 2.25. The Hall–Kier alpha value is -4.85. The zero-order valence-corrected chi connectivity index (χ0v) is 21.0. The zero-order valence-electron chi connectivity index (χ0n) is 21.0. The van der Waals surface area contributed by atoms with Crippen molar-refractivity contribution in [1.82, 2.24) is 5.32 Å². The molecule has 3 N–H and O–H groups in total. The molecule has 0 aliphatic heterocycles. The fourth-order valence-corrected chi connectivity index (χ4v) is 3.66. The van der Waals surface area contributed by atoms with Crippen LogP contribution in [0.3, 0.4) is 0 Å². The van der Waals surface area contributed by atoms with Gasteiger partial charge >= 0.3 is 12.1 Å². The lowest BCUT2D eigenvalue weighted by Gasteiger charge is -2.24. The van der Waals surface area contributed by atoms with Crippen molar-refractivity contribution in [2.24, 2.45) is 0 Å². The molecule has 8 heteroatoms. The molecule has 4 aromatic rings. The first-order valence-electron chi connectivity index (χ1n) is 12.3. The fourth-order valence-electron chi connectivity index (χ4n) is 3.66. The summed E-state index contributed by atoms with van der Waals surface area (Å²) in [5.41, 5.74) is 2.54. The summed E-state index contributed by atoms with van der Waals surface area (Å²) in [5.74, 6) is 0.848. The largest absolute Gasteiger partial charge is 0.457 e. The molecule has 0 saturated heterocycles. The van der Waals surface area contributed by atoms with Crippen molar-refractivity contribution in [2.75, 3.05) is 28.6 Å². The Kier molecular flexibility index (Phi) is 8.91. The first kappa shape index (κ1) is 26.2. The second kappa shape index (κ2) is 12.9. The predicted octanol–water partition coefficient (Wildman–Crippen LogP) is 7.18. The van der Waals surface area contributed by atoms with E-state index in [0.717, 1.165) is 5.56 Å². The van der Waals surface area contributed by atoms with Crippen LogP contribution in [0.2, 0.25) is 0 Å². The number of hydrogen-bond acceptors (Lipinski definition) is 3. The van der Waals surface area contributed by atoms with Gasteiger partial charge in [-0.2, -0.15) is 0 Å². The predicted molar refractivity (Wildman–Crippen MR) is 149 cm³/mol. The van der Waals surface area contributed by atoms with Gasteiger partial charge in [0.25, 0.3) is 0 Å². The van der Waals surface area contributed by atoms with Crippen LogP contribution in [0, 0.1) is 12.7 Å². The molecule has 0 unspecified atom stereocenters. The van der Waals surface area contributed by atoms with Gasteiger partial charge < -0.3 is 20.7 Å². The lowest BCUT2D eigenvalue weighted by atomic mass is 10.2. The van der Waals surface area contributed by atoms with Crippen LogP contribution in [0.4, 0.5) is 31.0 Å². The normalized spacial score (nSPS) is 10.4. The second-order valence-electron chi connectivity index (χ2n) is 8.57. The van der Waals surface area contributed by atoms with Crippen LogP contribution in [-0.4, -0.2) is 25.2 Å². The minimum atomic E-state index is -0.520. The standard InChI is InChI=1S/C30H29FN4O3/c1-22-12-14-23(15-13-22)33-30(37)35(21-7-20-32-29(36)34-28-11-6-5-10-27(28)31)24-16-18-26(19-17-24)38-25-8-3-2-4-9-25/h2-6,8-19H,7,20-21H2,1H3,(H,33,37)(H2,32,34,36). The second-order valence-corrected chi connectivity index (χ2v) is 8.57. The summed E-state index contributed by atoms with van der Waals surface area (Å²) in [6, 6.07) is 29.3. The number of halogens is 1. The van der Waals surface area contributed by atoms with Crippen molar-refractivity contribution in [3.05, 3.63) is 115 Å². The lowest BCUT2D eigenvalue weighted by molar-refractivity contribution is 0.252. The third kappa shape index (κ3) is 7.57. The van der Waals surface area contributed by atoms with Crippen LogP contribution in [-0.2, 0) is 0 Å². The average molecular weight is 513 g/mol. The van der Waals surface area contributed by atoms with Gasteiger partial charge in [0.2, 0.25) is 0 Å². The van der Waals surface area contributed by atoms with E-state index in [-0.39, 0.29) is 18.3 Å². The average Bonchev–Trinajstić information content (AvgIpc) is 2.92. The van der Waals surface area contributed by atoms with Crippen LogP contribution in [0.25, 0.3) is 0 Å². The van der Waals surface area contributed by atoms with Gasteiger partial charge in [0, 0.05) is 24.5 Å². The van der Waals surface area contributed by atoms with E-state index in [2.05, 4.69) is 16.0 Å². The molecule has 7 nitrogen and oxygen atoms in total. The number of rotatable bonds is 9. The molecule has 4 amide bonds. The molecular weight excluding hydrogens is 483 g/mol. The number of aryl methyl sites for hydroxylation is 1. The summed E-state index contributed by atoms with van der Waals surface area (Å²) < 4.78 is 19.6. The number of hydrogen-bond donors (Lipinski definition) is 3. The lowest BCUT2D eigenvalue weighted by Crippen LogP contribution is -2.38. The van der Waals surface area contributed by atoms with E-state index >= 15 is 0 Å². The summed E-state index contributed by atoms with van der Waals surface area (Å²) in [6.07, 6.45) is 0.467. The Morgan fingerprint density at radius 1 is 0.789 bits per heavy atom. The van der Waals surface area contributed by atoms with Crippen LogP contribution >= 0.6 is 0 Å². The summed E-state index contributed by atoms with van der Waals surface area (Å²) in [6.45, 7) is 2.59. The summed E-state index contributed by atoms with van der Waals surface area (Å²) in [4.78, 5) is 27.0. The van der Waals surface area contributed by atoms with Gasteiger partial charge in [0.05, 0.1) is 5.69 Å². The molecule has 0 atom stereocenters. The van der Waals surface area contributed by atoms with Crippen molar-refractivity contribution < 1.29 is 18.7 Å². The minimum absolute atomic E-state index is 0.0990. The first-order valence-corrected chi connectivity index (χ1v) is 12.3. The van der Waals surface area contributed by atoms with Gasteiger partial charge in [-0.3, -0.25) is 4.90 Å². The number of para-hydroxylation sites is 2. The van der Waals surface area contributed by atoms with E-state index in [0.29, 0.717) is 35.8 Å². The summed E-state index contributed by atoms with van der Waals surface area (Å²) >= 11 is 0. The molecule has 0 spiro atoms. The number of benzene rings is 4. The number of anilines is 3. The van der Waals surface area contributed by atoms with Crippen molar-refractivity contribution >= 4 is 29.1 Å². The number of ether oxygens (including phenoxy) is 1. The Bertz CT molecular complexity index is 1350. The van der Waals surface area contributed by atoms with Gasteiger partial charge in [-0.25, -0.2) is 14.0 Å². The smallest absolute Gasteiger partial charge is 0.326 e. The number of nitrogens with one attached hydrogen (secondary N) is 3. The molecule has 0 radical (unpaired) electrons. The topological polar surface area (TPSA) is 82.7 Å². The number of carbonyl (C=O) groups is 2. The van der Waals surface area contributed by atoms with Gasteiger partial charge in [-0.05, 0) is 74.0 Å². The number of nitrogens with zero attached hydrogens (tertiary/aromatic N) is 1. The molecule has 4 aromatic carbocycles. The van der Waals surface area contributed by atoms with Crippen LogP contribution in [0.1, 0.15) is 12.0 Å². The maximum atomic E-state index is 13.8. The molecule has 0 aromatic heterocycles. The third-order valence-corrected chi connectivity index (χ3v) is 5.64. The summed E-state index contributed by atoms with van der Waals surface area (Å²) in [5, 5.41) is 8.11. The van der Waals surface area contributed by atoms with Crippen molar-refractivity contribution in [2.45, 2.75) is 13.3 Å². The molecule has 0 heterocycles. The van der Waals surface area contributed by atoms with Crippen LogP contribution in [0.15, 0.2) is 103 Å². The molecule has 194 valence electrons. The molecule has 0 aliphatic carbocycles. The first-order chi connectivity index (χ1) is 18.5. The zero-order chi connectivity index (χ0) is 26.7. The van der Waals surface area contributed by atoms with Crippen LogP contribution < -0.4 is 25.6 Å². The van der Waals surface area contributed by atoms with E-state index < -0.39 is 11.8 Å². The highest BCUT2D eigenvalue weighted by Gasteiger charge is 2.16. The van der Waals surface area contributed by atoms with Crippen molar-refractivity contribution in [3.8, 4) is 11.5 Å². The van der Waals surface area contributed by atoms with Gasteiger partial charge in [0.15, 0.2) is 0 Å². The van der Waals surface area contributed by atoms with E-state index in [1.165, 1.54) is 12.1 Å². The SMILES string of the molecule is Cc1ccc(NC(=O)N(CCCNC(=O)Nc2ccccc2F)c2ccc(Oc3ccccc3)cc2)cc1. The number of urea groups is 2. The Labute approximate surface area is 221 Å². The quantitative estimate of drug-likeness (QED) is 0.208. The molecule has 0 fully saturated rings. The van der Waals surface area contributed by atoms with Gasteiger partial charge in [0.1, 0.15) is 17.3 Å². The number of amides is 4. The van der Waals surface area contributed by atoms with Crippen LogP contribution in [0.5, 0.6) is 11.5 Å². The summed E-state index contributed by atoms with van der Waals surface area (Å²) in [7, 11) is 0. The van der Waals surface area contributed by atoms with E-state index in [1.54, 1.807) is 29.2 Å². The molecule has 4 rings (SSSR count). The highest BCUT2D eigenvalue weighted by molar-refractivity contribution is 6.01. The van der Waals surface area contributed by atoms with E-state index in [9.17, 15) is 14.0 Å². The number of carbonyl (C=O) groups excluding carboxylic acids is 2. The fraction of sp³-hybridized carbons (Fsp3) is 0.133. The van der Waals surface area contributed by atoms with Crippen molar-refractivity contribution in [3.63, 3.8) is 0 Å². The Morgan fingerprint density at radius 2 is 1.45 bits per heavy atom. The molecule has 0 aliphatic rings. The highest BCUT2D eigenvalue weighted by atomic mass is 19.1. The minimum Gasteiger partial charge on any atom is -0.457 e. The Balaban J connectivity index is 1.39. The molecule has 38 heavy (non-hydrogen) atoms. The molecule has 0 saturated carbocycles. The van der Waals surface area contributed by atoms with E-state index in [4.69, 9.17) is 4.74 Å². The van der Waals surface area contributed by atoms with Gasteiger partial charge in [-0.15, -0.1) is 0 Å². The maximum absolute atomic E-state index is 13.8. The Morgan fingerprint density at radius 3 is 2.16 bits per heavy atom. The third-order valence-electron chi connectivity index (χ3n) is 5.64. The molecular formula is C30H29FN4O3. The van der Waals surface area contributed by atoms with Gasteiger partial charge in [-0.1, -0.05) is 48.0 Å².